The number of methoxy groups -OCH3 is 2. The van der Waals surface area contributed by atoms with Gasteiger partial charge in [0.1, 0.15) is 33.1 Å². The SMILES string of the molecule is COc1ccc(OC)c2sc(N(CCCN3CCOCC3)C(=O)c3c(C)nc4ccccn34)nc12.Cl. The summed E-state index contributed by atoms with van der Waals surface area (Å²) in [5.41, 5.74) is 2.67. The van der Waals surface area contributed by atoms with Crippen LogP contribution in [-0.2, 0) is 4.74 Å². The van der Waals surface area contributed by atoms with Gasteiger partial charge in [0.15, 0.2) is 5.13 Å². The van der Waals surface area contributed by atoms with E-state index < -0.39 is 0 Å². The van der Waals surface area contributed by atoms with Crippen molar-refractivity contribution in [1.82, 2.24) is 19.3 Å². The largest absolute Gasteiger partial charge is 0.495 e. The molecular formula is C25H30ClN5O4S. The summed E-state index contributed by atoms with van der Waals surface area (Å²) in [5.74, 6) is 1.23. The molecule has 0 bridgehead atoms. The number of pyridine rings is 1. The Labute approximate surface area is 220 Å². The Hall–Kier alpha value is -2.92. The molecule has 1 amide bonds. The monoisotopic (exact) mass is 531 g/mol. The lowest BCUT2D eigenvalue weighted by atomic mass is 10.2. The highest BCUT2D eigenvalue weighted by atomic mass is 35.5. The first-order chi connectivity index (χ1) is 17.1. The molecule has 1 aliphatic rings. The zero-order valence-corrected chi connectivity index (χ0v) is 22.2. The molecule has 0 atom stereocenters. The predicted octanol–water partition coefficient (Wildman–Crippen LogP) is 4.06. The van der Waals surface area contributed by atoms with Gasteiger partial charge in [-0.1, -0.05) is 17.4 Å². The van der Waals surface area contributed by atoms with Crippen molar-refractivity contribution in [3.63, 3.8) is 0 Å². The van der Waals surface area contributed by atoms with Crippen molar-refractivity contribution in [2.75, 3.05) is 58.5 Å². The number of aromatic nitrogens is 3. The molecule has 0 radical (unpaired) electrons. The molecule has 0 spiro atoms. The van der Waals surface area contributed by atoms with Crippen molar-refractivity contribution in [1.29, 1.82) is 0 Å². The summed E-state index contributed by atoms with van der Waals surface area (Å²) >= 11 is 1.43. The maximum absolute atomic E-state index is 14.0. The lowest BCUT2D eigenvalue weighted by molar-refractivity contribution is 0.0376. The third kappa shape index (κ3) is 4.99. The van der Waals surface area contributed by atoms with E-state index in [2.05, 4.69) is 9.88 Å². The van der Waals surface area contributed by atoms with Crippen LogP contribution in [0.5, 0.6) is 11.5 Å². The van der Waals surface area contributed by atoms with E-state index in [0.29, 0.717) is 40.1 Å². The van der Waals surface area contributed by atoms with Gasteiger partial charge in [-0.3, -0.25) is 19.0 Å². The van der Waals surface area contributed by atoms with Crippen molar-refractivity contribution < 1.29 is 19.0 Å². The van der Waals surface area contributed by atoms with Gasteiger partial charge in [0.2, 0.25) is 0 Å². The van der Waals surface area contributed by atoms with Crippen molar-refractivity contribution in [3.05, 3.63) is 47.9 Å². The van der Waals surface area contributed by atoms with Crippen molar-refractivity contribution in [2.45, 2.75) is 13.3 Å². The third-order valence-corrected chi connectivity index (χ3v) is 7.33. The number of rotatable bonds is 8. The van der Waals surface area contributed by atoms with Gasteiger partial charge in [-0.05, 0) is 37.6 Å². The van der Waals surface area contributed by atoms with Gasteiger partial charge in [-0.25, -0.2) is 9.97 Å². The van der Waals surface area contributed by atoms with Crippen LogP contribution < -0.4 is 14.4 Å². The Kier molecular flexibility index (Phi) is 8.30. The van der Waals surface area contributed by atoms with Crippen LogP contribution in [-0.4, -0.2) is 78.8 Å². The van der Waals surface area contributed by atoms with Crippen molar-refractivity contribution in [3.8, 4) is 11.5 Å². The van der Waals surface area contributed by atoms with Crippen molar-refractivity contribution in [2.24, 2.45) is 0 Å². The molecule has 192 valence electrons. The fourth-order valence-corrected chi connectivity index (χ4v) is 5.55. The normalized spacial score (nSPS) is 14.1. The predicted molar refractivity (Wildman–Crippen MR) is 143 cm³/mol. The van der Waals surface area contributed by atoms with E-state index in [0.717, 1.165) is 49.6 Å². The molecule has 1 aliphatic heterocycles. The molecule has 0 saturated carbocycles. The van der Waals surface area contributed by atoms with Gasteiger partial charge in [-0.15, -0.1) is 12.4 Å². The van der Waals surface area contributed by atoms with E-state index in [1.165, 1.54) is 11.3 Å². The molecular weight excluding hydrogens is 502 g/mol. The number of amides is 1. The number of carbonyl (C=O) groups is 1. The molecule has 0 N–H and O–H groups in total. The second-order valence-electron chi connectivity index (χ2n) is 8.38. The number of hydrogen-bond acceptors (Lipinski definition) is 8. The number of imidazole rings is 1. The molecule has 3 aromatic heterocycles. The lowest BCUT2D eigenvalue weighted by Gasteiger charge is -2.27. The first kappa shape index (κ1) is 26.2. The van der Waals surface area contributed by atoms with Crippen LogP contribution in [0.3, 0.4) is 0 Å². The highest BCUT2D eigenvalue weighted by Gasteiger charge is 2.27. The number of ether oxygens (including phenoxy) is 3. The summed E-state index contributed by atoms with van der Waals surface area (Å²) in [5, 5.41) is 0.611. The molecule has 4 heterocycles. The molecule has 4 aromatic rings. The molecule has 1 saturated heterocycles. The summed E-state index contributed by atoms with van der Waals surface area (Å²) < 4.78 is 19.3. The fraction of sp³-hybridized carbons (Fsp3) is 0.400. The molecule has 1 fully saturated rings. The number of hydrogen-bond donors (Lipinski definition) is 0. The minimum atomic E-state index is -0.125. The molecule has 36 heavy (non-hydrogen) atoms. The fourth-order valence-electron chi connectivity index (χ4n) is 4.45. The molecule has 1 aromatic carbocycles. The summed E-state index contributed by atoms with van der Waals surface area (Å²) in [6.45, 7) is 6.61. The van der Waals surface area contributed by atoms with Gasteiger partial charge in [0.05, 0.1) is 33.1 Å². The Morgan fingerprint density at radius 1 is 1.11 bits per heavy atom. The van der Waals surface area contributed by atoms with Crippen LogP contribution in [0.1, 0.15) is 22.6 Å². The van der Waals surface area contributed by atoms with E-state index in [1.807, 2.05) is 47.9 Å². The topological polar surface area (TPSA) is 81.4 Å². The molecule has 5 rings (SSSR count). The lowest BCUT2D eigenvalue weighted by Crippen LogP contribution is -2.39. The van der Waals surface area contributed by atoms with E-state index >= 15 is 0 Å². The van der Waals surface area contributed by atoms with Crippen LogP contribution in [0.2, 0.25) is 0 Å². The third-order valence-electron chi connectivity index (χ3n) is 6.24. The van der Waals surface area contributed by atoms with Crippen LogP contribution in [0, 0.1) is 6.92 Å². The van der Waals surface area contributed by atoms with Gasteiger partial charge < -0.3 is 14.2 Å². The summed E-state index contributed by atoms with van der Waals surface area (Å²) in [7, 11) is 3.25. The first-order valence-corrected chi connectivity index (χ1v) is 12.5. The minimum absolute atomic E-state index is 0. The molecule has 11 heteroatoms. The Bertz CT molecular complexity index is 1310. The van der Waals surface area contributed by atoms with E-state index in [1.54, 1.807) is 19.1 Å². The van der Waals surface area contributed by atoms with E-state index in [9.17, 15) is 4.79 Å². The number of fused-ring (bicyclic) bond motifs is 2. The molecule has 0 aliphatic carbocycles. The standard InChI is InChI=1S/C25H29N5O4S.ClH/c1-17-22(29-11-5-4-7-20(29)26-17)24(31)30(12-6-10-28-13-15-34-16-14-28)25-27-21-18(32-2)8-9-19(33-3)23(21)35-25;/h4-5,7-9,11H,6,10,12-16H2,1-3H3;1H. The van der Waals surface area contributed by atoms with Gasteiger partial charge in [-0.2, -0.15) is 0 Å². The van der Waals surface area contributed by atoms with Crippen LogP contribution in [0.4, 0.5) is 5.13 Å². The maximum atomic E-state index is 14.0. The van der Waals surface area contributed by atoms with Crippen LogP contribution in [0.15, 0.2) is 36.5 Å². The smallest absolute Gasteiger partial charge is 0.278 e. The summed E-state index contributed by atoms with van der Waals surface area (Å²) in [6.07, 6.45) is 2.69. The summed E-state index contributed by atoms with van der Waals surface area (Å²) in [4.78, 5) is 27.6. The van der Waals surface area contributed by atoms with Crippen molar-refractivity contribution >= 4 is 50.6 Å². The Balaban J connectivity index is 0.00000304. The van der Waals surface area contributed by atoms with Gasteiger partial charge >= 0.3 is 0 Å². The number of thiazole rings is 1. The minimum Gasteiger partial charge on any atom is -0.495 e. The number of benzene rings is 1. The van der Waals surface area contributed by atoms with Crippen LogP contribution in [0.25, 0.3) is 15.9 Å². The number of anilines is 1. The second-order valence-corrected chi connectivity index (χ2v) is 9.36. The van der Waals surface area contributed by atoms with Gasteiger partial charge in [0.25, 0.3) is 5.91 Å². The molecule has 0 unspecified atom stereocenters. The van der Waals surface area contributed by atoms with E-state index in [4.69, 9.17) is 19.2 Å². The number of halogens is 1. The average Bonchev–Trinajstić information content (AvgIpc) is 3.47. The van der Waals surface area contributed by atoms with Crippen LogP contribution >= 0.6 is 23.7 Å². The maximum Gasteiger partial charge on any atom is 0.278 e. The second kappa shape index (κ2) is 11.4. The molecule has 9 nitrogen and oxygen atoms in total. The quantitative estimate of drug-likeness (QED) is 0.339. The Morgan fingerprint density at radius 3 is 2.61 bits per heavy atom. The highest BCUT2D eigenvalue weighted by Crippen LogP contribution is 2.40. The Morgan fingerprint density at radius 2 is 1.86 bits per heavy atom. The zero-order valence-electron chi connectivity index (χ0n) is 20.6. The number of nitrogens with zero attached hydrogens (tertiary/aromatic N) is 5. The summed E-state index contributed by atoms with van der Waals surface area (Å²) in [6, 6.07) is 9.43. The highest BCUT2D eigenvalue weighted by molar-refractivity contribution is 7.22. The number of carbonyl (C=O) groups excluding carboxylic acids is 1. The van der Waals surface area contributed by atoms with E-state index in [-0.39, 0.29) is 18.3 Å². The first-order valence-electron chi connectivity index (χ1n) is 11.7. The zero-order chi connectivity index (χ0) is 24.4. The van der Waals surface area contributed by atoms with Gasteiger partial charge in [0, 0.05) is 32.4 Å². The number of morpholine rings is 1. The average molecular weight is 532 g/mol. The number of aryl methyl sites for hydroxylation is 1.